The van der Waals surface area contributed by atoms with E-state index in [4.69, 9.17) is 4.74 Å². The monoisotopic (exact) mass is 312 g/mol. The number of fused-ring (bicyclic) bond motifs is 1. The van der Waals surface area contributed by atoms with Gasteiger partial charge >= 0.3 is 0 Å². The summed E-state index contributed by atoms with van der Waals surface area (Å²) in [5.41, 5.74) is 1.55. The molecule has 5 heteroatoms. The molecule has 2 aromatic carbocycles. The molecule has 4 nitrogen and oxygen atoms in total. The molecule has 3 rings (SSSR count). The Hall–Kier alpha value is -2.40. The predicted molar refractivity (Wildman–Crippen MR) is 88.3 cm³/mol. The van der Waals surface area contributed by atoms with E-state index in [1.165, 1.54) is 11.3 Å². The van der Waals surface area contributed by atoms with Gasteiger partial charge in [-0.25, -0.2) is 0 Å². The largest absolute Gasteiger partial charge is 0.492 e. The van der Waals surface area contributed by atoms with Gasteiger partial charge in [0.25, 0.3) is 5.91 Å². The van der Waals surface area contributed by atoms with Crippen molar-refractivity contribution in [1.82, 2.24) is 4.57 Å². The Morgan fingerprint density at radius 2 is 1.95 bits per heavy atom. The maximum Gasteiger partial charge on any atom is 0.279 e. The van der Waals surface area contributed by atoms with Crippen LogP contribution < -0.4 is 9.54 Å². The zero-order valence-corrected chi connectivity index (χ0v) is 13.3. The molecular weight excluding hydrogens is 296 g/mol. The first-order valence-corrected chi connectivity index (χ1v) is 7.88. The van der Waals surface area contributed by atoms with Gasteiger partial charge in [-0.3, -0.25) is 4.79 Å². The molecule has 0 saturated carbocycles. The predicted octanol–water partition coefficient (Wildman–Crippen LogP) is 3.38. The molecule has 0 atom stereocenters. The number of aryl methyl sites for hydroxylation is 1. The fourth-order valence-corrected chi connectivity index (χ4v) is 3.31. The Morgan fingerprint density at radius 1 is 1.18 bits per heavy atom. The summed E-state index contributed by atoms with van der Waals surface area (Å²) < 4.78 is 8.62. The quantitative estimate of drug-likeness (QED) is 0.744. The minimum absolute atomic E-state index is 0.235. The SMILES string of the molecule is CCOc1cccc2sc(=NC(=O)c3ccccc3)n(C)c12. The topological polar surface area (TPSA) is 43.6 Å². The van der Waals surface area contributed by atoms with Gasteiger partial charge in [0.05, 0.1) is 11.3 Å². The number of hydrogen-bond donors (Lipinski definition) is 0. The van der Waals surface area contributed by atoms with Crippen molar-refractivity contribution in [3.63, 3.8) is 0 Å². The number of thiazole rings is 1. The summed E-state index contributed by atoms with van der Waals surface area (Å²) in [6, 6.07) is 15.0. The number of carbonyl (C=O) groups is 1. The molecule has 0 radical (unpaired) electrons. The van der Waals surface area contributed by atoms with Gasteiger partial charge < -0.3 is 9.30 Å². The molecule has 0 unspecified atom stereocenters. The molecule has 3 aromatic rings. The zero-order chi connectivity index (χ0) is 15.5. The van der Waals surface area contributed by atoms with Gasteiger partial charge in [-0.15, -0.1) is 0 Å². The van der Waals surface area contributed by atoms with Crippen LogP contribution in [0.4, 0.5) is 0 Å². The zero-order valence-electron chi connectivity index (χ0n) is 12.4. The minimum atomic E-state index is -0.235. The Kier molecular flexibility index (Phi) is 4.06. The van der Waals surface area contributed by atoms with E-state index in [1.807, 2.05) is 54.9 Å². The van der Waals surface area contributed by atoms with Gasteiger partial charge in [-0.1, -0.05) is 35.6 Å². The van der Waals surface area contributed by atoms with Gasteiger partial charge in [-0.2, -0.15) is 4.99 Å². The van der Waals surface area contributed by atoms with Crippen LogP contribution >= 0.6 is 11.3 Å². The summed E-state index contributed by atoms with van der Waals surface area (Å²) in [6.07, 6.45) is 0. The van der Waals surface area contributed by atoms with Crippen molar-refractivity contribution in [1.29, 1.82) is 0 Å². The summed E-state index contributed by atoms with van der Waals surface area (Å²) in [6.45, 7) is 2.56. The fraction of sp³-hybridized carbons (Fsp3) is 0.176. The van der Waals surface area contributed by atoms with E-state index < -0.39 is 0 Å². The van der Waals surface area contributed by atoms with E-state index in [9.17, 15) is 4.79 Å². The summed E-state index contributed by atoms with van der Waals surface area (Å²) in [5, 5.41) is 0. The van der Waals surface area contributed by atoms with Crippen LogP contribution in [0.1, 0.15) is 17.3 Å². The van der Waals surface area contributed by atoms with E-state index in [-0.39, 0.29) is 5.91 Å². The standard InChI is InChI=1S/C17H16N2O2S/c1-3-21-13-10-7-11-14-15(13)19(2)17(22-14)18-16(20)12-8-5-4-6-9-12/h4-11H,3H2,1-2H3. The van der Waals surface area contributed by atoms with Crippen molar-refractivity contribution < 1.29 is 9.53 Å². The summed E-state index contributed by atoms with van der Waals surface area (Å²) >= 11 is 1.48. The van der Waals surface area contributed by atoms with Crippen LogP contribution in [0.3, 0.4) is 0 Å². The molecule has 0 N–H and O–H groups in total. The number of aromatic nitrogens is 1. The average Bonchev–Trinajstić information content (AvgIpc) is 2.86. The molecule has 0 aliphatic heterocycles. The van der Waals surface area contributed by atoms with E-state index in [2.05, 4.69) is 4.99 Å². The van der Waals surface area contributed by atoms with Crippen molar-refractivity contribution in [3.8, 4) is 5.75 Å². The first-order chi connectivity index (χ1) is 10.7. The lowest BCUT2D eigenvalue weighted by molar-refractivity contribution is 0.0998. The van der Waals surface area contributed by atoms with Gasteiger partial charge in [0.1, 0.15) is 11.3 Å². The molecule has 0 fully saturated rings. The molecule has 22 heavy (non-hydrogen) atoms. The highest BCUT2D eigenvalue weighted by atomic mass is 32.1. The van der Waals surface area contributed by atoms with Gasteiger partial charge in [-0.05, 0) is 31.2 Å². The number of amides is 1. The van der Waals surface area contributed by atoms with Crippen molar-refractivity contribution in [2.75, 3.05) is 6.61 Å². The van der Waals surface area contributed by atoms with Crippen molar-refractivity contribution in [2.24, 2.45) is 12.0 Å². The molecule has 112 valence electrons. The second-order valence-electron chi connectivity index (χ2n) is 4.76. The molecule has 0 saturated heterocycles. The maximum absolute atomic E-state index is 12.2. The molecule has 0 bridgehead atoms. The molecule has 0 spiro atoms. The minimum Gasteiger partial charge on any atom is -0.492 e. The van der Waals surface area contributed by atoms with Crippen LogP contribution in [0.2, 0.25) is 0 Å². The summed E-state index contributed by atoms with van der Waals surface area (Å²) in [7, 11) is 1.90. The third-order valence-electron chi connectivity index (χ3n) is 3.30. The Balaban J connectivity index is 2.12. The van der Waals surface area contributed by atoms with Crippen LogP contribution in [0, 0.1) is 0 Å². The number of hydrogen-bond acceptors (Lipinski definition) is 3. The van der Waals surface area contributed by atoms with Crippen LogP contribution in [-0.2, 0) is 7.05 Å². The average molecular weight is 312 g/mol. The highest BCUT2D eigenvalue weighted by Gasteiger charge is 2.10. The number of carbonyl (C=O) groups excluding carboxylic acids is 1. The Labute approximate surface area is 132 Å². The second kappa shape index (κ2) is 6.15. The smallest absolute Gasteiger partial charge is 0.279 e. The van der Waals surface area contributed by atoms with Crippen molar-refractivity contribution in [3.05, 3.63) is 58.9 Å². The van der Waals surface area contributed by atoms with Crippen LogP contribution in [0.5, 0.6) is 5.75 Å². The van der Waals surface area contributed by atoms with Crippen molar-refractivity contribution in [2.45, 2.75) is 6.92 Å². The molecule has 1 aromatic heterocycles. The third-order valence-corrected chi connectivity index (χ3v) is 4.40. The van der Waals surface area contributed by atoms with Crippen LogP contribution in [-0.4, -0.2) is 17.1 Å². The number of rotatable bonds is 3. The van der Waals surface area contributed by atoms with Gasteiger partial charge in [0.2, 0.25) is 0 Å². The first-order valence-electron chi connectivity index (χ1n) is 7.06. The summed E-state index contributed by atoms with van der Waals surface area (Å²) in [5.74, 6) is 0.577. The number of para-hydroxylation sites is 1. The number of nitrogens with zero attached hydrogens (tertiary/aromatic N) is 2. The Bertz CT molecular complexity index is 879. The lowest BCUT2D eigenvalue weighted by Gasteiger charge is -2.05. The lowest BCUT2D eigenvalue weighted by atomic mass is 10.2. The van der Waals surface area contributed by atoms with Crippen LogP contribution in [0.25, 0.3) is 10.2 Å². The molecule has 0 aliphatic carbocycles. The second-order valence-corrected chi connectivity index (χ2v) is 5.77. The number of ether oxygens (including phenoxy) is 1. The van der Waals surface area contributed by atoms with Crippen molar-refractivity contribution >= 4 is 27.5 Å². The highest BCUT2D eigenvalue weighted by Crippen LogP contribution is 2.26. The van der Waals surface area contributed by atoms with E-state index >= 15 is 0 Å². The fourth-order valence-electron chi connectivity index (χ4n) is 2.28. The van der Waals surface area contributed by atoms with E-state index in [0.29, 0.717) is 17.0 Å². The summed E-state index contributed by atoms with van der Waals surface area (Å²) in [4.78, 5) is 17.2. The maximum atomic E-state index is 12.2. The number of benzene rings is 2. The van der Waals surface area contributed by atoms with Crippen LogP contribution in [0.15, 0.2) is 53.5 Å². The highest BCUT2D eigenvalue weighted by molar-refractivity contribution is 7.16. The normalized spacial score (nSPS) is 11.8. The van der Waals surface area contributed by atoms with Gasteiger partial charge in [0.15, 0.2) is 4.80 Å². The molecule has 1 heterocycles. The third kappa shape index (κ3) is 2.67. The molecule has 0 aliphatic rings. The molecule has 1 amide bonds. The van der Waals surface area contributed by atoms with E-state index in [0.717, 1.165) is 16.0 Å². The lowest BCUT2D eigenvalue weighted by Crippen LogP contribution is -2.13. The first kappa shape index (κ1) is 14.5. The van der Waals surface area contributed by atoms with E-state index in [1.54, 1.807) is 12.1 Å². The van der Waals surface area contributed by atoms with Gasteiger partial charge in [0, 0.05) is 12.6 Å². The molecular formula is C17H16N2O2S. The Morgan fingerprint density at radius 3 is 2.68 bits per heavy atom.